The van der Waals surface area contributed by atoms with Gasteiger partial charge in [-0.3, -0.25) is 9.59 Å². The number of hydrogen-bond donors (Lipinski definition) is 2. The number of rotatable bonds is 14. The fourth-order valence-corrected chi connectivity index (χ4v) is 9.29. The van der Waals surface area contributed by atoms with Gasteiger partial charge in [0.05, 0.1) is 37.4 Å². The van der Waals surface area contributed by atoms with Gasteiger partial charge in [-0.2, -0.15) is 0 Å². The molecule has 4 aromatic carbocycles. The van der Waals surface area contributed by atoms with E-state index in [1.165, 1.54) is 0 Å². The molecule has 0 unspecified atom stereocenters. The number of nitrogens with zero attached hydrogens (tertiary/aromatic N) is 2. The summed E-state index contributed by atoms with van der Waals surface area (Å²) in [4.78, 5) is 30.8. The Bertz CT molecular complexity index is 1980. The van der Waals surface area contributed by atoms with Gasteiger partial charge in [0.25, 0.3) is 11.8 Å². The first kappa shape index (κ1) is 44.4. The molecule has 2 amide bonds. The number of halogens is 4. The fraction of sp³-hybridized carbons (Fsp3) is 0.375. The van der Waals surface area contributed by atoms with Crippen molar-refractivity contribution in [1.29, 1.82) is 0 Å². The van der Waals surface area contributed by atoms with Gasteiger partial charge in [-0.05, 0) is 108 Å². The summed E-state index contributed by atoms with van der Waals surface area (Å²) in [6.07, 6.45) is 6.09. The summed E-state index contributed by atoms with van der Waals surface area (Å²) >= 11 is 24.8. The maximum Gasteiger partial charge on any atom is 0.253 e. The lowest BCUT2D eigenvalue weighted by atomic mass is 9.89. The van der Waals surface area contributed by atoms with Gasteiger partial charge in [0.15, 0.2) is 0 Å². The summed E-state index contributed by atoms with van der Waals surface area (Å²) in [5.41, 5.74) is 3.60. The molecule has 4 aliphatic rings. The molecule has 2 N–H and O–H groups in total. The number of morpholine rings is 2. The Morgan fingerprint density at radius 2 is 0.933 bits per heavy atom. The molecule has 0 radical (unpaired) electrons. The van der Waals surface area contributed by atoms with Crippen LogP contribution in [0.15, 0.2) is 122 Å². The smallest absolute Gasteiger partial charge is 0.253 e. The first-order chi connectivity index (χ1) is 29.1. The lowest BCUT2D eigenvalue weighted by Crippen LogP contribution is -2.56. The van der Waals surface area contributed by atoms with Crippen LogP contribution in [0.2, 0.25) is 20.1 Å². The van der Waals surface area contributed by atoms with E-state index < -0.39 is 36.5 Å². The molecule has 8 rings (SSSR count). The molecule has 0 bridgehead atoms. The van der Waals surface area contributed by atoms with Crippen LogP contribution >= 0.6 is 46.4 Å². The topological polar surface area (TPSA) is 99.5 Å². The third-order valence-electron chi connectivity index (χ3n) is 11.8. The Morgan fingerprint density at radius 1 is 0.567 bits per heavy atom. The van der Waals surface area contributed by atoms with E-state index in [1.54, 1.807) is 12.2 Å². The third kappa shape index (κ3) is 9.98. The monoisotopic (exact) mass is 890 g/mol. The second-order valence-electron chi connectivity index (χ2n) is 15.9. The quantitative estimate of drug-likeness (QED) is 0.122. The Balaban J connectivity index is 0.000000181. The number of aliphatic hydroxyl groups excluding tert-OH is 2. The largest absolute Gasteiger partial charge is 0.394 e. The molecule has 0 spiro atoms. The van der Waals surface area contributed by atoms with E-state index in [0.29, 0.717) is 44.8 Å². The summed E-state index contributed by atoms with van der Waals surface area (Å²) in [6, 6.07) is 28.7. The van der Waals surface area contributed by atoms with Gasteiger partial charge in [0.2, 0.25) is 0 Å². The number of hydrogen-bond acceptors (Lipinski definition) is 6. The first-order valence-electron chi connectivity index (χ1n) is 20.5. The molecular formula is C48H50Cl4N2O6. The lowest BCUT2D eigenvalue weighted by Gasteiger charge is -2.48. The molecule has 316 valence electrons. The van der Waals surface area contributed by atoms with Crippen molar-refractivity contribution in [2.24, 2.45) is 11.8 Å². The summed E-state index contributed by atoms with van der Waals surface area (Å²) < 4.78 is 12.7. The van der Waals surface area contributed by atoms with Crippen LogP contribution in [0.3, 0.4) is 0 Å². The average Bonchev–Trinajstić information content (AvgIpc) is 4.19. The fourth-order valence-electron chi connectivity index (χ4n) is 8.64. The Kier molecular flexibility index (Phi) is 14.8. The van der Waals surface area contributed by atoms with Crippen molar-refractivity contribution in [1.82, 2.24) is 9.80 Å². The van der Waals surface area contributed by atoms with Crippen molar-refractivity contribution in [3.05, 3.63) is 165 Å². The molecule has 2 aliphatic carbocycles. The van der Waals surface area contributed by atoms with E-state index >= 15 is 0 Å². The number of benzene rings is 4. The van der Waals surface area contributed by atoms with Crippen LogP contribution in [0.25, 0.3) is 0 Å². The van der Waals surface area contributed by atoms with E-state index in [-0.39, 0.29) is 37.1 Å². The molecule has 8 atom stereocenters. The summed E-state index contributed by atoms with van der Waals surface area (Å²) in [5, 5.41) is 22.9. The zero-order chi connectivity index (χ0) is 42.5. The van der Waals surface area contributed by atoms with Crippen molar-refractivity contribution < 1.29 is 29.3 Å². The Labute approximate surface area is 372 Å². The Morgan fingerprint density at radius 3 is 1.23 bits per heavy atom. The number of amides is 2. The number of ether oxygens (including phenoxy) is 2. The highest BCUT2D eigenvalue weighted by Crippen LogP contribution is 2.49. The number of carbonyl (C=O) groups excluding carboxylic acids is 2. The molecule has 2 saturated heterocycles. The van der Waals surface area contributed by atoms with Crippen LogP contribution in [0.5, 0.6) is 0 Å². The van der Waals surface area contributed by atoms with Crippen LogP contribution in [-0.2, 0) is 19.1 Å². The van der Waals surface area contributed by atoms with E-state index in [1.807, 2.05) is 107 Å². The minimum absolute atomic E-state index is 0.0798. The van der Waals surface area contributed by atoms with Gasteiger partial charge in [-0.1, -0.05) is 107 Å². The van der Waals surface area contributed by atoms with E-state index in [4.69, 9.17) is 55.9 Å². The van der Waals surface area contributed by atoms with Crippen molar-refractivity contribution in [3.63, 3.8) is 0 Å². The molecule has 2 heterocycles. The highest BCUT2D eigenvalue weighted by molar-refractivity contribution is 6.31. The second-order valence-corrected chi connectivity index (χ2v) is 17.7. The molecule has 4 aromatic rings. The maximum absolute atomic E-state index is 13.5. The van der Waals surface area contributed by atoms with Crippen LogP contribution in [0.1, 0.15) is 85.1 Å². The van der Waals surface area contributed by atoms with Gasteiger partial charge in [-0.15, -0.1) is 13.2 Å². The summed E-state index contributed by atoms with van der Waals surface area (Å²) in [5.74, 6) is 0.380. The molecule has 2 saturated carbocycles. The summed E-state index contributed by atoms with van der Waals surface area (Å²) in [7, 11) is 0. The minimum Gasteiger partial charge on any atom is -0.394 e. The van der Waals surface area contributed by atoms with Crippen molar-refractivity contribution in [2.45, 2.75) is 87.1 Å². The molecule has 12 heteroatoms. The van der Waals surface area contributed by atoms with Crippen molar-refractivity contribution in [2.75, 3.05) is 13.2 Å². The van der Waals surface area contributed by atoms with Crippen LogP contribution in [-0.4, -0.2) is 69.3 Å². The molecule has 4 fully saturated rings. The minimum atomic E-state index is -0.650. The number of aliphatic hydroxyl groups is 2. The first-order valence-corrected chi connectivity index (χ1v) is 22.0. The normalized spacial score (nSPS) is 25.2. The van der Waals surface area contributed by atoms with Gasteiger partial charge in [0.1, 0.15) is 24.4 Å². The number of carbonyl (C=O) groups is 2. The third-order valence-corrected chi connectivity index (χ3v) is 12.8. The SMILES string of the molecule is C=CC[C@@H]1O[C@H](c2cccc(Cl)c2)[C@@H](c2ccc(Cl)cc2)N([C@H](CO)C2CC2)C1=O.C=CC[C@H]1O[C@H](c2cccc(Cl)c2)[C@@H](c2ccc(Cl)cc2)N([C@H](CO)C2CC2)C1=O. The predicted octanol–water partition coefficient (Wildman–Crippen LogP) is 10.7. The predicted molar refractivity (Wildman–Crippen MR) is 237 cm³/mol. The van der Waals surface area contributed by atoms with Crippen LogP contribution < -0.4 is 0 Å². The lowest BCUT2D eigenvalue weighted by molar-refractivity contribution is -0.181. The van der Waals surface area contributed by atoms with E-state index in [2.05, 4.69) is 13.2 Å². The van der Waals surface area contributed by atoms with Crippen molar-refractivity contribution >= 4 is 58.2 Å². The average molecular weight is 893 g/mol. The highest BCUT2D eigenvalue weighted by atomic mass is 35.5. The van der Waals surface area contributed by atoms with Gasteiger partial charge >= 0.3 is 0 Å². The van der Waals surface area contributed by atoms with Gasteiger partial charge in [-0.25, -0.2) is 0 Å². The molecular weight excluding hydrogens is 842 g/mol. The van der Waals surface area contributed by atoms with Crippen molar-refractivity contribution in [3.8, 4) is 0 Å². The summed E-state index contributed by atoms with van der Waals surface area (Å²) in [6.45, 7) is 7.42. The highest BCUT2D eigenvalue weighted by Gasteiger charge is 2.51. The molecule has 2 aliphatic heterocycles. The molecule has 0 aromatic heterocycles. The van der Waals surface area contributed by atoms with Crippen LogP contribution in [0.4, 0.5) is 0 Å². The van der Waals surface area contributed by atoms with Gasteiger partial charge < -0.3 is 29.5 Å². The standard InChI is InChI=1S/2C24H25Cl2NO3/c2*1-2-4-21-24(29)27(20(14-28)15-7-8-15)22(16-9-11-18(25)12-10-16)23(30-21)17-5-3-6-19(26)13-17/h2*2-3,5-6,9-13,15,20-23,28H,1,4,7-8,14H2/t20-,21+,22-,23-;20-,21-,22-,23-/m11/s1. The maximum atomic E-state index is 13.5. The van der Waals surface area contributed by atoms with Crippen LogP contribution in [0, 0.1) is 11.8 Å². The zero-order valence-corrected chi connectivity index (χ0v) is 36.2. The molecule has 60 heavy (non-hydrogen) atoms. The zero-order valence-electron chi connectivity index (χ0n) is 33.2. The van der Waals surface area contributed by atoms with Gasteiger partial charge in [0, 0.05) is 32.9 Å². The van der Waals surface area contributed by atoms with E-state index in [9.17, 15) is 19.8 Å². The molecule has 8 nitrogen and oxygen atoms in total. The second kappa shape index (κ2) is 20.0. The van der Waals surface area contributed by atoms with E-state index in [0.717, 1.165) is 47.9 Å². The Hall–Kier alpha value is -3.70.